The average molecular weight is 315 g/mol. The number of benzene rings is 1. The number of carbonyl (C=O) groups is 2. The topological polar surface area (TPSA) is 110 Å². The van der Waals surface area contributed by atoms with Crippen molar-refractivity contribution in [3.8, 4) is 0 Å². The summed E-state index contributed by atoms with van der Waals surface area (Å²) in [6.45, 7) is 1.88. The molecule has 1 amide bonds. The number of hydrogen-bond acceptors (Lipinski definition) is 4. The minimum atomic E-state index is -1.00. The van der Waals surface area contributed by atoms with Crippen LogP contribution in [-0.2, 0) is 4.79 Å². The van der Waals surface area contributed by atoms with Crippen LogP contribution >= 0.6 is 11.6 Å². The third kappa shape index (κ3) is 5.03. The van der Waals surface area contributed by atoms with Crippen molar-refractivity contribution in [2.75, 3.05) is 0 Å². The Hall–Kier alpha value is -2.15. The van der Waals surface area contributed by atoms with Crippen molar-refractivity contribution in [1.29, 1.82) is 0 Å². The second kappa shape index (κ2) is 7.58. The summed E-state index contributed by atoms with van der Waals surface area (Å²) in [6, 6.07) is 3.12. The highest BCUT2D eigenvalue weighted by molar-refractivity contribution is 6.33. The van der Waals surface area contributed by atoms with Crippen LogP contribution in [0.5, 0.6) is 0 Å². The lowest BCUT2D eigenvalue weighted by Crippen LogP contribution is -2.36. The summed E-state index contributed by atoms with van der Waals surface area (Å²) in [6.07, 6.45) is 1.07. The van der Waals surface area contributed by atoms with Crippen molar-refractivity contribution in [2.45, 2.75) is 32.2 Å². The first-order valence-corrected chi connectivity index (χ1v) is 6.69. The van der Waals surface area contributed by atoms with Gasteiger partial charge >= 0.3 is 5.97 Å². The van der Waals surface area contributed by atoms with Crippen LogP contribution in [0, 0.1) is 10.1 Å². The largest absolute Gasteiger partial charge is 0.481 e. The molecule has 114 valence electrons. The number of aliphatic carboxylic acids is 1. The number of carboxylic acid groups (broad SMARTS) is 1. The monoisotopic (exact) mass is 314 g/mol. The number of carboxylic acids is 1. The highest BCUT2D eigenvalue weighted by Crippen LogP contribution is 2.25. The van der Waals surface area contributed by atoms with Gasteiger partial charge in [0.2, 0.25) is 0 Å². The number of nitro benzene ring substituents is 1. The lowest BCUT2D eigenvalue weighted by Gasteiger charge is -2.16. The third-order valence-corrected chi connectivity index (χ3v) is 3.10. The molecule has 0 saturated carbocycles. The Morgan fingerprint density at radius 3 is 2.62 bits per heavy atom. The molecule has 1 aromatic carbocycles. The van der Waals surface area contributed by atoms with E-state index in [9.17, 15) is 19.7 Å². The predicted molar refractivity (Wildman–Crippen MR) is 76.5 cm³/mol. The molecule has 21 heavy (non-hydrogen) atoms. The van der Waals surface area contributed by atoms with Gasteiger partial charge in [-0.1, -0.05) is 24.9 Å². The molecule has 0 heterocycles. The number of hydrogen-bond donors (Lipinski definition) is 2. The molecule has 0 aromatic heterocycles. The van der Waals surface area contributed by atoms with Gasteiger partial charge in [-0.3, -0.25) is 19.7 Å². The van der Waals surface area contributed by atoms with Crippen LogP contribution in [0.25, 0.3) is 0 Å². The molecule has 0 aliphatic rings. The summed E-state index contributed by atoms with van der Waals surface area (Å²) in [5, 5.41) is 21.9. The van der Waals surface area contributed by atoms with Gasteiger partial charge in [0.25, 0.3) is 11.6 Å². The first-order chi connectivity index (χ1) is 9.85. The van der Waals surface area contributed by atoms with Gasteiger partial charge in [0.15, 0.2) is 0 Å². The molecule has 1 rings (SSSR count). The van der Waals surface area contributed by atoms with Crippen LogP contribution in [0.3, 0.4) is 0 Å². The minimum absolute atomic E-state index is 0.141. The number of nitrogens with zero attached hydrogens (tertiary/aromatic N) is 1. The van der Waals surface area contributed by atoms with Crippen LogP contribution in [0.1, 0.15) is 36.5 Å². The molecule has 0 aliphatic carbocycles. The van der Waals surface area contributed by atoms with Gasteiger partial charge in [-0.15, -0.1) is 0 Å². The molecule has 7 nitrogen and oxygen atoms in total. The van der Waals surface area contributed by atoms with Crippen molar-refractivity contribution in [3.63, 3.8) is 0 Å². The van der Waals surface area contributed by atoms with Crippen LogP contribution in [0.15, 0.2) is 18.2 Å². The summed E-state index contributed by atoms with van der Waals surface area (Å²) in [5.74, 6) is -1.51. The summed E-state index contributed by atoms with van der Waals surface area (Å²) < 4.78 is 0. The van der Waals surface area contributed by atoms with Crippen molar-refractivity contribution in [2.24, 2.45) is 0 Å². The van der Waals surface area contributed by atoms with Crippen molar-refractivity contribution >= 4 is 29.2 Å². The smallest absolute Gasteiger partial charge is 0.305 e. The lowest BCUT2D eigenvalue weighted by molar-refractivity contribution is -0.384. The molecule has 8 heteroatoms. The number of nitrogens with one attached hydrogen (secondary N) is 1. The van der Waals surface area contributed by atoms with Crippen LogP contribution in [0.2, 0.25) is 5.02 Å². The summed E-state index contributed by atoms with van der Waals surface area (Å²) >= 11 is 5.73. The van der Waals surface area contributed by atoms with Gasteiger partial charge in [-0.25, -0.2) is 0 Å². The number of rotatable bonds is 7. The molecule has 1 unspecified atom stereocenters. The quantitative estimate of drug-likeness (QED) is 0.594. The second-order valence-electron chi connectivity index (χ2n) is 4.48. The summed E-state index contributed by atoms with van der Waals surface area (Å²) in [4.78, 5) is 32.7. The van der Waals surface area contributed by atoms with Crippen LogP contribution in [0.4, 0.5) is 5.69 Å². The first-order valence-electron chi connectivity index (χ1n) is 6.31. The number of halogens is 1. The summed E-state index contributed by atoms with van der Waals surface area (Å²) in [7, 11) is 0. The fourth-order valence-corrected chi connectivity index (χ4v) is 2.10. The maximum atomic E-state index is 12.0. The fourth-order valence-electron chi connectivity index (χ4n) is 1.85. The molecule has 0 aliphatic heterocycles. The Balaban J connectivity index is 2.85. The number of nitro groups is 1. The SMILES string of the molecule is CCCC(CC(=O)O)NC(=O)c1ccc([N+](=O)[O-])c(Cl)c1. The van der Waals surface area contributed by atoms with Crippen molar-refractivity contribution in [3.05, 3.63) is 38.9 Å². The standard InChI is InChI=1S/C13H15ClN2O5/c1-2-3-9(7-12(17)18)15-13(19)8-4-5-11(16(20)21)10(14)6-8/h4-6,9H,2-3,7H2,1H3,(H,15,19)(H,17,18). The van der Waals surface area contributed by atoms with Crippen molar-refractivity contribution < 1.29 is 19.6 Å². The molecule has 1 aromatic rings. The van der Waals surface area contributed by atoms with E-state index >= 15 is 0 Å². The van der Waals surface area contributed by atoms with Gasteiger partial charge in [0, 0.05) is 17.7 Å². The van der Waals surface area contributed by atoms with E-state index in [1.807, 2.05) is 6.92 Å². The van der Waals surface area contributed by atoms with Gasteiger partial charge in [-0.2, -0.15) is 0 Å². The van der Waals surface area contributed by atoms with Gasteiger partial charge in [0.1, 0.15) is 5.02 Å². The van der Waals surface area contributed by atoms with Crippen molar-refractivity contribution in [1.82, 2.24) is 5.32 Å². The minimum Gasteiger partial charge on any atom is -0.481 e. The summed E-state index contributed by atoms with van der Waals surface area (Å²) in [5.41, 5.74) is -0.138. The average Bonchev–Trinajstić information content (AvgIpc) is 2.37. The Kier molecular flexibility index (Phi) is 6.10. The van der Waals surface area contributed by atoms with E-state index in [-0.39, 0.29) is 22.7 Å². The van der Waals surface area contributed by atoms with E-state index in [2.05, 4.69) is 5.32 Å². The molecule has 2 N–H and O–H groups in total. The molecule has 0 fully saturated rings. The molecule has 0 bridgehead atoms. The lowest BCUT2D eigenvalue weighted by atomic mass is 10.1. The molecule has 0 saturated heterocycles. The Labute approximate surface area is 126 Å². The van der Waals surface area contributed by atoms with E-state index in [1.54, 1.807) is 0 Å². The number of amides is 1. The highest BCUT2D eigenvalue weighted by Gasteiger charge is 2.19. The predicted octanol–water partition coefficient (Wildman–Crippen LogP) is 2.62. The maximum Gasteiger partial charge on any atom is 0.305 e. The van der Waals surface area contributed by atoms with E-state index in [1.165, 1.54) is 12.1 Å². The Morgan fingerprint density at radius 1 is 1.48 bits per heavy atom. The fraction of sp³-hybridized carbons (Fsp3) is 0.385. The van der Waals surface area contributed by atoms with E-state index in [4.69, 9.17) is 16.7 Å². The zero-order chi connectivity index (χ0) is 16.0. The van der Waals surface area contributed by atoms with E-state index < -0.39 is 22.8 Å². The molecule has 0 radical (unpaired) electrons. The zero-order valence-electron chi connectivity index (χ0n) is 11.3. The normalized spacial score (nSPS) is 11.7. The van der Waals surface area contributed by atoms with E-state index in [0.717, 1.165) is 12.5 Å². The Bertz CT molecular complexity index is 561. The second-order valence-corrected chi connectivity index (χ2v) is 4.89. The van der Waals surface area contributed by atoms with E-state index in [0.29, 0.717) is 6.42 Å². The highest BCUT2D eigenvalue weighted by atomic mass is 35.5. The number of carbonyl (C=O) groups excluding carboxylic acids is 1. The molecule has 0 spiro atoms. The molecular formula is C13H15ClN2O5. The van der Waals surface area contributed by atoms with Gasteiger partial charge in [-0.05, 0) is 18.6 Å². The molecule has 1 atom stereocenters. The molecular weight excluding hydrogens is 300 g/mol. The first kappa shape index (κ1) is 16.9. The van der Waals surface area contributed by atoms with Crippen LogP contribution in [-0.4, -0.2) is 27.9 Å². The zero-order valence-corrected chi connectivity index (χ0v) is 12.1. The maximum absolute atomic E-state index is 12.0. The Morgan fingerprint density at radius 2 is 2.14 bits per heavy atom. The van der Waals surface area contributed by atoms with Gasteiger partial charge < -0.3 is 10.4 Å². The van der Waals surface area contributed by atoms with Crippen LogP contribution < -0.4 is 5.32 Å². The third-order valence-electron chi connectivity index (χ3n) is 2.80. The van der Waals surface area contributed by atoms with Gasteiger partial charge in [0.05, 0.1) is 11.3 Å².